The van der Waals surface area contributed by atoms with Crippen LogP contribution >= 0.6 is 0 Å². The quantitative estimate of drug-likeness (QED) is 0.142. The molecule has 0 aliphatic heterocycles. The molecule has 348 valence electrons. The maximum atomic E-state index is 2.53. The standard InChI is InChI=1S/C69H49BN4/c1-44-38-45(2)67(46(3)39-44)70(47-20-18-26-51(40-47)72-62-33-15-13-31-56(62)60-42-65-59(43-66(60)72)55-30-12-14-32-61(55)71(65)49-22-6-4-7-23-49)48-21-19-27-52(41-48)74-64-35-17-11-29-54(64)58-37-36-57-53-28-10-16-34-63(53)73(68(57)69(58)74)50-24-8-5-9-25-50/h4-43H,1-3H3. The third kappa shape index (κ3) is 6.23. The Morgan fingerprint density at radius 1 is 0.257 bits per heavy atom. The highest BCUT2D eigenvalue weighted by Gasteiger charge is 2.28. The van der Waals surface area contributed by atoms with Crippen molar-refractivity contribution in [3.63, 3.8) is 0 Å². The second-order valence-corrected chi connectivity index (χ2v) is 20.3. The summed E-state index contributed by atoms with van der Waals surface area (Å²) in [4.78, 5) is 0. The van der Waals surface area contributed by atoms with E-state index in [2.05, 4.69) is 282 Å². The molecule has 4 nitrogen and oxygen atoms in total. The molecule has 0 saturated carbocycles. The molecule has 0 bridgehead atoms. The molecule has 15 aromatic rings. The lowest BCUT2D eigenvalue weighted by Crippen LogP contribution is -2.54. The molecular weight excluding hydrogens is 896 g/mol. The lowest BCUT2D eigenvalue weighted by molar-refractivity contribution is 1.15. The summed E-state index contributed by atoms with van der Waals surface area (Å²) < 4.78 is 9.93. The van der Waals surface area contributed by atoms with Crippen LogP contribution in [0.25, 0.3) is 110 Å². The Labute approximate surface area is 429 Å². The van der Waals surface area contributed by atoms with E-state index in [9.17, 15) is 0 Å². The summed E-state index contributed by atoms with van der Waals surface area (Å²) in [6.07, 6.45) is 0. The van der Waals surface area contributed by atoms with Crippen LogP contribution in [0.5, 0.6) is 0 Å². The van der Waals surface area contributed by atoms with Crippen LogP contribution in [0, 0.1) is 20.8 Å². The third-order valence-electron chi connectivity index (χ3n) is 15.9. The number of rotatable bonds is 7. The molecule has 4 aromatic heterocycles. The SMILES string of the molecule is Cc1cc(C)c(B(c2cccc(-n3c4ccccc4c4cc5c(cc43)c3ccccc3n5-c3ccccc3)c2)c2cccc(-n3c4ccccc4c4ccc5c6ccccc6n(-c6ccccc6)c5c43)c2)c(C)c1. The van der Waals surface area contributed by atoms with Gasteiger partial charge in [0.05, 0.1) is 44.1 Å². The van der Waals surface area contributed by atoms with E-state index in [-0.39, 0.29) is 6.71 Å². The number of para-hydroxylation sites is 6. The Kier molecular flexibility index (Phi) is 9.37. The molecular formula is C69H49BN4. The van der Waals surface area contributed by atoms with Crippen molar-refractivity contribution in [3.8, 4) is 22.7 Å². The van der Waals surface area contributed by atoms with Crippen LogP contribution in [0.1, 0.15) is 16.7 Å². The van der Waals surface area contributed by atoms with Gasteiger partial charge in [-0.25, -0.2) is 0 Å². The van der Waals surface area contributed by atoms with Gasteiger partial charge in [0.15, 0.2) is 0 Å². The first-order valence-corrected chi connectivity index (χ1v) is 25.8. The summed E-state index contributed by atoms with van der Waals surface area (Å²) >= 11 is 0. The molecule has 0 saturated heterocycles. The van der Waals surface area contributed by atoms with E-state index >= 15 is 0 Å². The third-order valence-corrected chi connectivity index (χ3v) is 15.9. The Hall–Kier alpha value is -9.32. The van der Waals surface area contributed by atoms with E-state index in [0.29, 0.717) is 0 Å². The molecule has 11 aromatic carbocycles. The molecule has 0 aliphatic carbocycles. The van der Waals surface area contributed by atoms with Gasteiger partial charge < -0.3 is 18.3 Å². The lowest BCUT2D eigenvalue weighted by atomic mass is 9.35. The van der Waals surface area contributed by atoms with Gasteiger partial charge in [0.25, 0.3) is 0 Å². The van der Waals surface area contributed by atoms with Crippen molar-refractivity contribution in [2.75, 3.05) is 0 Å². The number of fused-ring (bicyclic) bond motifs is 13. The zero-order chi connectivity index (χ0) is 49.2. The molecule has 0 radical (unpaired) electrons. The van der Waals surface area contributed by atoms with Crippen molar-refractivity contribution in [2.24, 2.45) is 0 Å². The molecule has 4 heterocycles. The van der Waals surface area contributed by atoms with Gasteiger partial charge in [-0.05, 0) is 106 Å². The van der Waals surface area contributed by atoms with Crippen LogP contribution in [-0.4, -0.2) is 25.0 Å². The molecule has 5 heteroatoms. The van der Waals surface area contributed by atoms with Gasteiger partial charge in [-0.15, -0.1) is 0 Å². The fourth-order valence-electron chi connectivity index (χ4n) is 13.0. The van der Waals surface area contributed by atoms with E-state index in [4.69, 9.17) is 0 Å². The highest BCUT2D eigenvalue weighted by molar-refractivity contribution is 6.96. The molecule has 0 aliphatic rings. The average molecular weight is 945 g/mol. The van der Waals surface area contributed by atoms with Gasteiger partial charge in [0.2, 0.25) is 6.71 Å². The first-order chi connectivity index (χ1) is 36.5. The second kappa shape index (κ2) is 16.4. The van der Waals surface area contributed by atoms with Gasteiger partial charge in [0.1, 0.15) is 0 Å². The maximum Gasteiger partial charge on any atom is 0.242 e. The highest BCUT2D eigenvalue weighted by Crippen LogP contribution is 2.43. The Morgan fingerprint density at radius 2 is 0.608 bits per heavy atom. The minimum atomic E-state index is -0.0666. The van der Waals surface area contributed by atoms with E-state index in [1.807, 2.05) is 0 Å². The van der Waals surface area contributed by atoms with Gasteiger partial charge in [-0.2, -0.15) is 0 Å². The van der Waals surface area contributed by atoms with Crippen LogP contribution in [-0.2, 0) is 0 Å². The van der Waals surface area contributed by atoms with Crippen molar-refractivity contribution in [1.29, 1.82) is 0 Å². The number of nitrogens with zero attached hydrogens (tertiary/aromatic N) is 4. The summed E-state index contributed by atoms with van der Waals surface area (Å²) in [5, 5.41) is 9.92. The molecule has 0 fully saturated rings. The van der Waals surface area contributed by atoms with Gasteiger partial charge in [-0.3, -0.25) is 0 Å². The van der Waals surface area contributed by atoms with Gasteiger partial charge >= 0.3 is 0 Å². The van der Waals surface area contributed by atoms with Crippen molar-refractivity contribution in [1.82, 2.24) is 18.3 Å². The monoisotopic (exact) mass is 944 g/mol. The normalized spacial score (nSPS) is 12.0. The first-order valence-electron chi connectivity index (χ1n) is 25.8. The minimum Gasteiger partial charge on any atom is -0.309 e. The molecule has 0 N–H and O–H groups in total. The predicted molar refractivity (Wildman–Crippen MR) is 316 cm³/mol. The molecule has 74 heavy (non-hydrogen) atoms. The van der Waals surface area contributed by atoms with Crippen LogP contribution in [0.2, 0.25) is 0 Å². The number of aromatic nitrogens is 4. The van der Waals surface area contributed by atoms with Crippen LogP contribution in [0.15, 0.2) is 243 Å². The number of benzene rings is 11. The molecule has 0 atom stereocenters. The average Bonchev–Trinajstić information content (AvgIpc) is 4.16. The lowest BCUT2D eigenvalue weighted by Gasteiger charge is -2.23. The molecule has 0 unspecified atom stereocenters. The van der Waals surface area contributed by atoms with Gasteiger partial charge in [0, 0.05) is 65.8 Å². The minimum absolute atomic E-state index is 0.0666. The van der Waals surface area contributed by atoms with Gasteiger partial charge in [-0.1, -0.05) is 191 Å². The number of aryl methyl sites for hydroxylation is 3. The topological polar surface area (TPSA) is 19.7 Å². The molecule has 0 amide bonds. The van der Waals surface area contributed by atoms with Crippen molar-refractivity contribution in [3.05, 3.63) is 259 Å². The van der Waals surface area contributed by atoms with Crippen molar-refractivity contribution in [2.45, 2.75) is 20.8 Å². The summed E-state index contributed by atoms with van der Waals surface area (Å²) in [5.74, 6) is 0. The van der Waals surface area contributed by atoms with E-state index in [1.54, 1.807) is 0 Å². The summed E-state index contributed by atoms with van der Waals surface area (Å²) in [5.41, 5.74) is 21.9. The number of hydrogen-bond donors (Lipinski definition) is 0. The van der Waals surface area contributed by atoms with E-state index in [1.165, 1.54) is 120 Å². The fourth-order valence-corrected chi connectivity index (χ4v) is 13.0. The molecule has 15 rings (SSSR count). The summed E-state index contributed by atoms with van der Waals surface area (Å²) in [7, 11) is 0. The Morgan fingerprint density at radius 3 is 1.08 bits per heavy atom. The second-order valence-electron chi connectivity index (χ2n) is 20.3. The highest BCUT2D eigenvalue weighted by atomic mass is 15.0. The Bertz CT molecular complexity index is 4740. The largest absolute Gasteiger partial charge is 0.309 e. The van der Waals surface area contributed by atoms with Crippen LogP contribution in [0.4, 0.5) is 0 Å². The van der Waals surface area contributed by atoms with Crippen LogP contribution < -0.4 is 16.4 Å². The Balaban J connectivity index is 0.973. The molecule has 0 spiro atoms. The number of hydrogen-bond acceptors (Lipinski definition) is 0. The van der Waals surface area contributed by atoms with E-state index < -0.39 is 0 Å². The first kappa shape index (κ1) is 42.4. The van der Waals surface area contributed by atoms with Crippen LogP contribution in [0.3, 0.4) is 0 Å². The smallest absolute Gasteiger partial charge is 0.242 e. The fraction of sp³-hybridized carbons (Fsp3) is 0.0435. The summed E-state index contributed by atoms with van der Waals surface area (Å²) in [6.45, 7) is 6.75. The van der Waals surface area contributed by atoms with Crippen molar-refractivity contribution >= 4 is 110 Å². The zero-order valence-electron chi connectivity index (χ0n) is 41.5. The predicted octanol–water partition coefficient (Wildman–Crippen LogP) is 15.5. The summed E-state index contributed by atoms with van der Waals surface area (Å²) in [6, 6.07) is 90.2. The zero-order valence-corrected chi connectivity index (χ0v) is 41.5. The van der Waals surface area contributed by atoms with Crippen molar-refractivity contribution < 1.29 is 0 Å². The maximum absolute atomic E-state index is 2.53. The van der Waals surface area contributed by atoms with E-state index in [0.717, 1.165) is 22.7 Å².